The van der Waals surface area contributed by atoms with Crippen LogP contribution in [0.3, 0.4) is 0 Å². The molecule has 92 valence electrons. The van der Waals surface area contributed by atoms with E-state index in [2.05, 4.69) is 0 Å². The maximum atomic E-state index is 11.0. The molecule has 17 heavy (non-hydrogen) atoms. The minimum absolute atomic E-state index is 0.269. The molecule has 7 heteroatoms. The zero-order valence-corrected chi connectivity index (χ0v) is 9.08. The molecule has 1 aliphatic carbocycles. The zero-order chi connectivity index (χ0) is 13.1. The van der Waals surface area contributed by atoms with Crippen molar-refractivity contribution < 1.29 is 24.6 Å². The van der Waals surface area contributed by atoms with E-state index in [-0.39, 0.29) is 5.78 Å². The maximum absolute atomic E-state index is 11.0. The molecule has 0 unspecified atom stereocenters. The minimum Gasteiger partial charge on any atom is -0.464 e. The molecule has 0 aromatic heterocycles. The number of carboxylic acid groups (broad SMARTS) is 2. The normalized spacial score (nSPS) is 16.6. The predicted octanol–water partition coefficient (Wildman–Crippen LogP) is 0.993. The van der Waals surface area contributed by atoms with Crippen molar-refractivity contribution in [2.24, 2.45) is 0 Å². The molecule has 1 aliphatic rings. The van der Waals surface area contributed by atoms with Crippen LogP contribution >= 0.6 is 0 Å². The van der Waals surface area contributed by atoms with E-state index in [9.17, 15) is 14.4 Å². The summed E-state index contributed by atoms with van der Waals surface area (Å²) in [6, 6.07) is 0. The molecule has 0 radical (unpaired) electrons. The predicted molar refractivity (Wildman–Crippen MR) is 57.3 cm³/mol. The molecule has 0 saturated heterocycles. The lowest BCUT2D eigenvalue weighted by Gasteiger charge is -2.37. The largest absolute Gasteiger partial charge is 0.464 e. The van der Waals surface area contributed by atoms with E-state index >= 15 is 0 Å². The first kappa shape index (κ1) is 12.8. The molecule has 0 aliphatic heterocycles. The molecule has 2 amide bonds. The lowest BCUT2D eigenvalue weighted by molar-refractivity contribution is -0.110. The third-order valence-corrected chi connectivity index (χ3v) is 2.45. The third kappa shape index (κ3) is 2.63. The maximum Gasteiger partial charge on any atom is 0.427 e. The lowest BCUT2D eigenvalue weighted by Crippen LogP contribution is -2.57. The Morgan fingerprint density at radius 1 is 1.35 bits per heavy atom. The number of amides is 2. The fourth-order valence-electron chi connectivity index (χ4n) is 1.53. The minimum atomic E-state index is -1.49. The Morgan fingerprint density at radius 3 is 2.24 bits per heavy atom. The number of nitrogens with one attached hydrogen (secondary N) is 1. The molecule has 7 nitrogen and oxygen atoms in total. The van der Waals surface area contributed by atoms with Gasteiger partial charge < -0.3 is 10.2 Å². The number of carbonyl (C=O) groups excluding carboxylic acids is 1. The van der Waals surface area contributed by atoms with Gasteiger partial charge in [0.1, 0.15) is 5.54 Å². The highest BCUT2D eigenvalue weighted by Crippen LogP contribution is 2.25. The number of hydrazine groups is 1. The van der Waals surface area contributed by atoms with Crippen LogP contribution in [-0.4, -0.2) is 38.7 Å². The van der Waals surface area contributed by atoms with Crippen LogP contribution in [0.1, 0.15) is 13.3 Å². The summed E-state index contributed by atoms with van der Waals surface area (Å²) in [5.41, 5.74) is 0.624. The highest BCUT2D eigenvalue weighted by atomic mass is 16.4. The van der Waals surface area contributed by atoms with Crippen molar-refractivity contribution in [1.29, 1.82) is 0 Å². The van der Waals surface area contributed by atoms with Gasteiger partial charge in [0.25, 0.3) is 0 Å². The number of nitrogens with zero attached hydrogens (tertiary/aromatic N) is 1. The van der Waals surface area contributed by atoms with Crippen molar-refractivity contribution in [2.45, 2.75) is 18.9 Å². The van der Waals surface area contributed by atoms with Crippen LogP contribution in [-0.2, 0) is 4.79 Å². The molecule has 3 N–H and O–H groups in total. The number of allylic oxidation sites excluding steroid dienone is 2. The SMILES string of the molecule is CCC1(N(NC(=O)O)C(=O)O)C=CC(=O)C=C1. The Balaban J connectivity index is 3.09. The number of hydrogen-bond donors (Lipinski definition) is 3. The van der Waals surface area contributed by atoms with Crippen LogP contribution in [0.25, 0.3) is 0 Å². The van der Waals surface area contributed by atoms with Gasteiger partial charge in [-0.2, -0.15) is 0 Å². The summed E-state index contributed by atoms with van der Waals surface area (Å²) in [6.07, 6.45) is 2.50. The van der Waals surface area contributed by atoms with Crippen molar-refractivity contribution in [3.05, 3.63) is 24.3 Å². The second-order valence-corrected chi connectivity index (χ2v) is 3.45. The molecule has 0 aromatic carbocycles. The zero-order valence-electron chi connectivity index (χ0n) is 9.08. The van der Waals surface area contributed by atoms with Crippen LogP contribution in [0, 0.1) is 0 Å². The summed E-state index contributed by atoms with van der Waals surface area (Å²) < 4.78 is 0. The van der Waals surface area contributed by atoms with E-state index < -0.39 is 17.7 Å². The monoisotopic (exact) mass is 240 g/mol. The van der Waals surface area contributed by atoms with Crippen LogP contribution in [0.4, 0.5) is 9.59 Å². The first-order valence-corrected chi connectivity index (χ1v) is 4.86. The number of ketones is 1. The molecular formula is C10H12N2O5. The van der Waals surface area contributed by atoms with Crippen LogP contribution in [0.2, 0.25) is 0 Å². The Labute approximate surface area is 97.0 Å². The summed E-state index contributed by atoms with van der Waals surface area (Å²) in [6.45, 7) is 1.68. The topological polar surface area (TPSA) is 107 Å². The Morgan fingerprint density at radius 2 is 1.88 bits per heavy atom. The van der Waals surface area contributed by atoms with Gasteiger partial charge >= 0.3 is 12.2 Å². The van der Waals surface area contributed by atoms with Crippen LogP contribution < -0.4 is 5.43 Å². The van der Waals surface area contributed by atoms with Crippen molar-refractivity contribution in [2.75, 3.05) is 0 Å². The number of carbonyl (C=O) groups is 3. The summed E-state index contributed by atoms with van der Waals surface area (Å²) in [5, 5.41) is 18.1. The van der Waals surface area contributed by atoms with Gasteiger partial charge in [-0.25, -0.2) is 20.0 Å². The molecule has 0 atom stereocenters. The van der Waals surface area contributed by atoms with E-state index in [1.165, 1.54) is 24.3 Å². The molecule has 0 fully saturated rings. The van der Waals surface area contributed by atoms with Gasteiger partial charge in [-0.05, 0) is 30.7 Å². The van der Waals surface area contributed by atoms with E-state index in [1.54, 1.807) is 12.3 Å². The van der Waals surface area contributed by atoms with Crippen molar-refractivity contribution in [1.82, 2.24) is 10.4 Å². The van der Waals surface area contributed by atoms with Gasteiger partial charge in [0.05, 0.1) is 0 Å². The highest BCUT2D eigenvalue weighted by Gasteiger charge is 2.37. The Hall–Kier alpha value is -2.31. The molecule has 0 bridgehead atoms. The molecule has 0 heterocycles. The fraction of sp³-hybridized carbons (Fsp3) is 0.300. The lowest BCUT2D eigenvalue weighted by atomic mass is 9.90. The third-order valence-electron chi connectivity index (χ3n) is 2.45. The van der Waals surface area contributed by atoms with E-state index in [1.807, 2.05) is 0 Å². The van der Waals surface area contributed by atoms with Gasteiger partial charge in [0, 0.05) is 0 Å². The van der Waals surface area contributed by atoms with Gasteiger partial charge in [0.15, 0.2) is 5.78 Å². The second kappa shape index (κ2) is 4.69. The molecule has 1 rings (SSSR count). The van der Waals surface area contributed by atoms with E-state index in [4.69, 9.17) is 10.2 Å². The van der Waals surface area contributed by atoms with Gasteiger partial charge in [-0.3, -0.25) is 4.79 Å². The van der Waals surface area contributed by atoms with Crippen molar-refractivity contribution in [3.63, 3.8) is 0 Å². The molecule has 0 aromatic rings. The Bertz CT molecular complexity index is 397. The van der Waals surface area contributed by atoms with Crippen molar-refractivity contribution >= 4 is 18.0 Å². The highest BCUT2D eigenvalue weighted by molar-refractivity contribution is 6.00. The second-order valence-electron chi connectivity index (χ2n) is 3.45. The first-order valence-electron chi connectivity index (χ1n) is 4.86. The Kier molecular flexibility index (Phi) is 3.52. The van der Waals surface area contributed by atoms with Crippen LogP contribution in [0.15, 0.2) is 24.3 Å². The fourth-order valence-corrected chi connectivity index (χ4v) is 1.53. The van der Waals surface area contributed by atoms with Gasteiger partial charge in [0.2, 0.25) is 0 Å². The average Bonchev–Trinajstić information content (AvgIpc) is 2.27. The van der Waals surface area contributed by atoms with Gasteiger partial charge in [-0.1, -0.05) is 6.92 Å². The smallest absolute Gasteiger partial charge is 0.427 e. The summed E-state index contributed by atoms with van der Waals surface area (Å²) in [5.74, 6) is -0.269. The van der Waals surface area contributed by atoms with Crippen LogP contribution in [0.5, 0.6) is 0 Å². The molecule has 0 spiro atoms. The quantitative estimate of drug-likeness (QED) is 0.624. The molecule has 0 saturated carbocycles. The number of hydrogen-bond acceptors (Lipinski definition) is 3. The van der Waals surface area contributed by atoms with Crippen molar-refractivity contribution in [3.8, 4) is 0 Å². The molecular weight excluding hydrogens is 228 g/mol. The van der Waals surface area contributed by atoms with E-state index in [0.29, 0.717) is 11.4 Å². The standard InChI is InChI=1S/C10H12N2O5/c1-2-10(5-3-7(13)4-6-10)12(9(16)17)11-8(14)15/h3-6,11H,2H2,1H3,(H,14,15)(H,16,17). The average molecular weight is 240 g/mol. The summed E-state index contributed by atoms with van der Waals surface area (Å²) >= 11 is 0. The number of rotatable bonds is 2. The summed E-state index contributed by atoms with van der Waals surface area (Å²) in [4.78, 5) is 32.6. The summed E-state index contributed by atoms with van der Waals surface area (Å²) in [7, 11) is 0. The first-order chi connectivity index (χ1) is 7.91. The van der Waals surface area contributed by atoms with E-state index in [0.717, 1.165) is 0 Å². The van der Waals surface area contributed by atoms with Gasteiger partial charge in [-0.15, -0.1) is 0 Å².